The molecule has 3 aromatic rings. The molecule has 1 aliphatic rings. The SMILES string of the molecule is CC1(C)Nc2cccc3c(/N=N/c4ccccc4[N+](=O)[O-])ccc(c23)N1. The third-order valence-corrected chi connectivity index (χ3v) is 4.26. The zero-order valence-corrected chi connectivity index (χ0v) is 14.4. The van der Waals surface area contributed by atoms with Crippen molar-refractivity contribution in [1.82, 2.24) is 0 Å². The molecule has 2 N–H and O–H groups in total. The maximum atomic E-state index is 11.1. The molecule has 0 amide bonds. The summed E-state index contributed by atoms with van der Waals surface area (Å²) in [5.41, 5.74) is 2.61. The molecular formula is C19H17N5O2. The highest BCUT2D eigenvalue weighted by Gasteiger charge is 2.25. The molecular weight excluding hydrogens is 330 g/mol. The van der Waals surface area contributed by atoms with Crippen molar-refractivity contribution in [3.05, 3.63) is 64.7 Å². The molecule has 1 aliphatic heterocycles. The van der Waals surface area contributed by atoms with Crippen LogP contribution in [-0.2, 0) is 0 Å². The van der Waals surface area contributed by atoms with Gasteiger partial charge in [-0.1, -0.05) is 24.3 Å². The van der Waals surface area contributed by atoms with Crippen LogP contribution < -0.4 is 10.6 Å². The van der Waals surface area contributed by atoms with E-state index in [4.69, 9.17) is 0 Å². The molecule has 26 heavy (non-hydrogen) atoms. The van der Waals surface area contributed by atoms with Gasteiger partial charge in [-0.3, -0.25) is 10.1 Å². The lowest BCUT2D eigenvalue weighted by Crippen LogP contribution is -2.41. The Balaban J connectivity index is 1.81. The van der Waals surface area contributed by atoms with Gasteiger partial charge in [-0.15, -0.1) is 10.2 Å². The number of rotatable bonds is 3. The van der Waals surface area contributed by atoms with Gasteiger partial charge in [0.25, 0.3) is 5.69 Å². The number of nitro groups is 1. The number of benzene rings is 3. The molecule has 0 saturated carbocycles. The van der Waals surface area contributed by atoms with Crippen LogP contribution in [0, 0.1) is 10.1 Å². The van der Waals surface area contributed by atoms with Gasteiger partial charge >= 0.3 is 0 Å². The van der Waals surface area contributed by atoms with Gasteiger partial charge in [0.1, 0.15) is 5.66 Å². The van der Waals surface area contributed by atoms with E-state index in [1.807, 2.05) is 30.3 Å². The van der Waals surface area contributed by atoms with Crippen molar-refractivity contribution in [3.8, 4) is 0 Å². The number of nitrogens with one attached hydrogen (secondary N) is 2. The highest BCUT2D eigenvalue weighted by molar-refractivity contribution is 6.09. The first kappa shape index (κ1) is 16.0. The van der Waals surface area contributed by atoms with Crippen LogP contribution in [0.1, 0.15) is 13.8 Å². The number of nitro benzene ring substituents is 1. The summed E-state index contributed by atoms with van der Waals surface area (Å²) in [6.07, 6.45) is 0. The minimum Gasteiger partial charge on any atom is -0.363 e. The monoisotopic (exact) mass is 347 g/mol. The minimum atomic E-state index is -0.456. The van der Waals surface area contributed by atoms with Crippen molar-refractivity contribution in [2.45, 2.75) is 19.5 Å². The minimum absolute atomic E-state index is 0.0657. The Morgan fingerprint density at radius 1 is 0.885 bits per heavy atom. The molecule has 0 aromatic heterocycles. The number of para-hydroxylation sites is 1. The summed E-state index contributed by atoms with van der Waals surface area (Å²) in [4.78, 5) is 10.7. The van der Waals surface area contributed by atoms with Gasteiger partial charge in [-0.2, -0.15) is 0 Å². The Bertz CT molecular complexity index is 1040. The van der Waals surface area contributed by atoms with Crippen LogP contribution >= 0.6 is 0 Å². The van der Waals surface area contributed by atoms with Gasteiger partial charge < -0.3 is 10.6 Å². The smallest absolute Gasteiger partial charge is 0.296 e. The van der Waals surface area contributed by atoms with E-state index >= 15 is 0 Å². The van der Waals surface area contributed by atoms with E-state index in [0.717, 1.165) is 22.1 Å². The second kappa shape index (κ2) is 5.80. The molecule has 0 spiro atoms. The summed E-state index contributed by atoms with van der Waals surface area (Å²) >= 11 is 0. The summed E-state index contributed by atoms with van der Waals surface area (Å²) in [5.74, 6) is 0. The highest BCUT2D eigenvalue weighted by atomic mass is 16.6. The Morgan fingerprint density at radius 3 is 2.35 bits per heavy atom. The van der Waals surface area contributed by atoms with Crippen molar-refractivity contribution in [1.29, 1.82) is 0 Å². The first-order valence-electron chi connectivity index (χ1n) is 8.22. The van der Waals surface area contributed by atoms with Crippen LogP contribution in [0.5, 0.6) is 0 Å². The predicted octanol–water partition coefficient (Wildman–Crippen LogP) is 5.74. The van der Waals surface area contributed by atoms with Crippen LogP contribution in [-0.4, -0.2) is 10.6 Å². The average Bonchev–Trinajstić information content (AvgIpc) is 2.60. The van der Waals surface area contributed by atoms with Crippen LogP contribution in [0.4, 0.5) is 28.4 Å². The zero-order valence-electron chi connectivity index (χ0n) is 14.4. The first-order valence-corrected chi connectivity index (χ1v) is 8.22. The summed E-state index contributed by atoms with van der Waals surface area (Å²) < 4.78 is 0. The maximum absolute atomic E-state index is 11.1. The van der Waals surface area contributed by atoms with Crippen LogP contribution in [0.2, 0.25) is 0 Å². The van der Waals surface area contributed by atoms with Crippen molar-refractivity contribution >= 4 is 39.2 Å². The van der Waals surface area contributed by atoms with Crippen LogP contribution in [0.15, 0.2) is 64.8 Å². The number of anilines is 2. The lowest BCUT2D eigenvalue weighted by Gasteiger charge is -2.36. The molecule has 0 bridgehead atoms. The van der Waals surface area contributed by atoms with Crippen LogP contribution in [0.25, 0.3) is 10.8 Å². The van der Waals surface area contributed by atoms with Crippen molar-refractivity contribution in [2.24, 2.45) is 10.2 Å². The lowest BCUT2D eigenvalue weighted by atomic mass is 10.00. The number of azo groups is 1. The second-order valence-corrected chi connectivity index (χ2v) is 6.68. The third-order valence-electron chi connectivity index (χ3n) is 4.26. The van der Waals surface area contributed by atoms with Gasteiger partial charge in [0.2, 0.25) is 0 Å². The number of hydrogen-bond donors (Lipinski definition) is 2. The fourth-order valence-electron chi connectivity index (χ4n) is 3.20. The highest BCUT2D eigenvalue weighted by Crippen LogP contribution is 2.42. The summed E-state index contributed by atoms with van der Waals surface area (Å²) in [6.45, 7) is 4.13. The number of hydrogen-bond acceptors (Lipinski definition) is 6. The van der Waals surface area contributed by atoms with Gasteiger partial charge in [0.15, 0.2) is 5.69 Å². The van der Waals surface area contributed by atoms with E-state index in [1.54, 1.807) is 18.2 Å². The lowest BCUT2D eigenvalue weighted by molar-refractivity contribution is -0.384. The summed E-state index contributed by atoms with van der Waals surface area (Å²) in [7, 11) is 0. The van der Waals surface area contributed by atoms with E-state index in [1.165, 1.54) is 6.07 Å². The van der Waals surface area contributed by atoms with E-state index in [0.29, 0.717) is 5.69 Å². The van der Waals surface area contributed by atoms with E-state index < -0.39 is 4.92 Å². The average molecular weight is 347 g/mol. The molecule has 3 aromatic carbocycles. The van der Waals surface area contributed by atoms with E-state index in [-0.39, 0.29) is 17.0 Å². The number of nitrogens with zero attached hydrogens (tertiary/aromatic N) is 3. The normalized spacial score (nSPS) is 14.8. The Labute approximate surface area is 149 Å². The Morgan fingerprint density at radius 2 is 1.58 bits per heavy atom. The van der Waals surface area contributed by atoms with Gasteiger partial charge in [0.05, 0.1) is 10.6 Å². The van der Waals surface area contributed by atoms with Gasteiger partial charge in [-0.05, 0) is 38.1 Å². The quantitative estimate of drug-likeness (QED) is 0.359. The molecule has 1 heterocycles. The third kappa shape index (κ3) is 2.73. The summed E-state index contributed by atoms with van der Waals surface area (Å²) in [6, 6.07) is 16.1. The van der Waals surface area contributed by atoms with Gasteiger partial charge in [-0.25, -0.2) is 0 Å². The molecule has 7 heteroatoms. The standard InChI is InChI=1S/C19H17N5O2/c1-19(2)20-15-8-5-6-12-13(10-11-16(21-19)18(12)15)22-23-14-7-3-4-9-17(14)24(25)26/h3-11,20-21H,1-2H3/b23-22+. The molecule has 4 rings (SSSR count). The molecule has 0 atom stereocenters. The molecule has 0 aliphatic carbocycles. The van der Waals surface area contributed by atoms with Crippen molar-refractivity contribution in [2.75, 3.05) is 10.6 Å². The Hall–Kier alpha value is -3.48. The fourth-order valence-corrected chi connectivity index (χ4v) is 3.20. The van der Waals surface area contributed by atoms with Crippen molar-refractivity contribution < 1.29 is 4.92 Å². The predicted molar refractivity (Wildman–Crippen MR) is 103 cm³/mol. The molecule has 130 valence electrons. The molecule has 0 fully saturated rings. The Kier molecular flexibility index (Phi) is 3.57. The van der Waals surface area contributed by atoms with E-state index in [9.17, 15) is 10.1 Å². The molecule has 7 nitrogen and oxygen atoms in total. The largest absolute Gasteiger partial charge is 0.363 e. The second-order valence-electron chi connectivity index (χ2n) is 6.68. The molecule has 0 radical (unpaired) electrons. The first-order chi connectivity index (χ1) is 12.4. The maximum Gasteiger partial charge on any atom is 0.296 e. The summed E-state index contributed by atoms with van der Waals surface area (Å²) in [5, 5.41) is 28.4. The van der Waals surface area contributed by atoms with Gasteiger partial charge in [0, 0.05) is 28.2 Å². The molecule has 0 saturated heterocycles. The topological polar surface area (TPSA) is 91.9 Å². The van der Waals surface area contributed by atoms with Crippen LogP contribution in [0.3, 0.4) is 0 Å². The molecule has 0 unspecified atom stereocenters. The fraction of sp³-hybridized carbons (Fsp3) is 0.158. The van der Waals surface area contributed by atoms with Crippen molar-refractivity contribution in [3.63, 3.8) is 0 Å². The zero-order chi connectivity index (χ0) is 18.3. The van der Waals surface area contributed by atoms with E-state index in [2.05, 4.69) is 34.7 Å².